The van der Waals surface area contributed by atoms with Crippen LogP contribution in [0.5, 0.6) is 0 Å². The molecule has 1 aliphatic rings. The quantitative estimate of drug-likeness (QED) is 0.843. The molecule has 0 saturated heterocycles. The Morgan fingerprint density at radius 1 is 1.00 bits per heavy atom. The second kappa shape index (κ2) is 6.86. The Labute approximate surface area is 148 Å². The molecule has 0 spiro atoms. The van der Waals surface area contributed by atoms with E-state index in [4.69, 9.17) is 0 Å². The monoisotopic (exact) mass is 369 g/mol. The Bertz CT molecular complexity index is 769. The number of carboxylic acids is 2. The van der Waals surface area contributed by atoms with Crippen molar-refractivity contribution in [2.45, 2.75) is 32.9 Å². The van der Waals surface area contributed by atoms with Crippen LogP contribution in [0.25, 0.3) is 0 Å². The number of carboxylic acid groups (broad SMARTS) is 2. The SMILES string of the molecule is CCN1C(C)=C(C(=O)O)C(c2ccc(C(F)(F)F)cc2)C(C(=O)O)=C1C. The summed E-state index contributed by atoms with van der Waals surface area (Å²) in [6.45, 7) is 5.24. The molecule has 2 N–H and O–H groups in total. The van der Waals surface area contributed by atoms with Gasteiger partial charge in [-0.15, -0.1) is 0 Å². The van der Waals surface area contributed by atoms with Crippen molar-refractivity contribution < 1.29 is 33.0 Å². The van der Waals surface area contributed by atoms with E-state index in [9.17, 15) is 33.0 Å². The average Bonchev–Trinajstić information content (AvgIpc) is 2.53. The van der Waals surface area contributed by atoms with Crippen LogP contribution in [0.2, 0.25) is 0 Å². The Balaban J connectivity index is 2.70. The molecule has 0 bridgehead atoms. The van der Waals surface area contributed by atoms with Crippen molar-refractivity contribution in [3.63, 3.8) is 0 Å². The third kappa shape index (κ3) is 3.31. The third-order valence-corrected chi connectivity index (χ3v) is 4.52. The van der Waals surface area contributed by atoms with Gasteiger partial charge in [0.2, 0.25) is 0 Å². The highest BCUT2D eigenvalue weighted by atomic mass is 19.4. The van der Waals surface area contributed by atoms with Crippen molar-refractivity contribution in [3.05, 3.63) is 57.9 Å². The Hall–Kier alpha value is -2.77. The van der Waals surface area contributed by atoms with Crippen LogP contribution in [-0.2, 0) is 15.8 Å². The fraction of sp³-hybridized carbons (Fsp3) is 0.333. The number of allylic oxidation sites excluding steroid dienone is 2. The summed E-state index contributed by atoms with van der Waals surface area (Å²) >= 11 is 0. The highest BCUT2D eigenvalue weighted by Gasteiger charge is 2.39. The molecule has 1 aromatic rings. The van der Waals surface area contributed by atoms with E-state index in [1.165, 1.54) is 0 Å². The van der Waals surface area contributed by atoms with Crippen molar-refractivity contribution in [1.82, 2.24) is 4.90 Å². The summed E-state index contributed by atoms with van der Waals surface area (Å²) in [5, 5.41) is 19.3. The average molecular weight is 369 g/mol. The predicted octanol–water partition coefficient (Wildman–Crippen LogP) is 3.84. The molecule has 0 radical (unpaired) electrons. The molecule has 0 aromatic heterocycles. The standard InChI is InChI=1S/C18H18F3NO4/c1-4-22-9(2)13(16(23)24)15(14(10(22)3)17(25)26)11-5-7-12(8-6-11)18(19,20)21/h5-8,15H,4H2,1-3H3,(H,23,24)(H,25,26). The Morgan fingerprint density at radius 3 is 1.73 bits per heavy atom. The van der Waals surface area contributed by atoms with Crippen molar-refractivity contribution >= 4 is 11.9 Å². The second-order valence-corrected chi connectivity index (χ2v) is 5.91. The number of hydrogen-bond acceptors (Lipinski definition) is 3. The van der Waals surface area contributed by atoms with E-state index in [-0.39, 0.29) is 16.7 Å². The smallest absolute Gasteiger partial charge is 0.416 e. The van der Waals surface area contributed by atoms with Crippen LogP contribution >= 0.6 is 0 Å². The normalized spacial score (nSPS) is 16.3. The van der Waals surface area contributed by atoms with E-state index in [1.54, 1.807) is 25.7 Å². The Kier molecular flexibility index (Phi) is 5.16. The highest BCUT2D eigenvalue weighted by molar-refractivity contribution is 5.98. The molecule has 0 saturated carbocycles. The zero-order valence-corrected chi connectivity index (χ0v) is 14.4. The number of halogens is 3. The van der Waals surface area contributed by atoms with Gasteiger partial charge >= 0.3 is 18.1 Å². The molecule has 1 aliphatic heterocycles. The molecular formula is C18H18F3NO4. The molecule has 0 unspecified atom stereocenters. The van der Waals surface area contributed by atoms with Crippen molar-refractivity contribution in [2.24, 2.45) is 0 Å². The molecule has 2 rings (SSSR count). The van der Waals surface area contributed by atoms with E-state index < -0.39 is 29.6 Å². The molecule has 1 heterocycles. The minimum atomic E-state index is -4.53. The van der Waals surface area contributed by atoms with Crippen LogP contribution in [0.1, 0.15) is 37.8 Å². The van der Waals surface area contributed by atoms with Gasteiger partial charge in [0.25, 0.3) is 0 Å². The van der Waals surface area contributed by atoms with Crippen molar-refractivity contribution in [1.29, 1.82) is 0 Å². The van der Waals surface area contributed by atoms with Gasteiger partial charge in [-0.3, -0.25) is 0 Å². The largest absolute Gasteiger partial charge is 0.478 e. The number of carbonyl (C=O) groups is 2. The zero-order chi connectivity index (χ0) is 19.8. The second-order valence-electron chi connectivity index (χ2n) is 5.91. The lowest BCUT2D eigenvalue weighted by atomic mass is 9.79. The molecule has 140 valence electrons. The molecule has 0 amide bonds. The van der Waals surface area contributed by atoms with Gasteiger partial charge in [-0.25, -0.2) is 9.59 Å². The minimum absolute atomic E-state index is 0.158. The summed E-state index contributed by atoms with van der Waals surface area (Å²) in [5.74, 6) is -3.77. The lowest BCUT2D eigenvalue weighted by Gasteiger charge is -2.36. The minimum Gasteiger partial charge on any atom is -0.478 e. The van der Waals surface area contributed by atoms with Crippen LogP contribution in [-0.4, -0.2) is 33.6 Å². The number of aliphatic carboxylic acids is 2. The number of alkyl halides is 3. The van der Waals surface area contributed by atoms with E-state index in [1.807, 2.05) is 0 Å². The van der Waals surface area contributed by atoms with Crippen LogP contribution in [0.4, 0.5) is 13.2 Å². The summed E-state index contributed by atoms with van der Waals surface area (Å²) < 4.78 is 38.3. The summed E-state index contributed by atoms with van der Waals surface area (Å²) in [5.41, 5.74) is -0.284. The van der Waals surface area contributed by atoms with E-state index in [0.29, 0.717) is 17.9 Å². The highest BCUT2D eigenvalue weighted by Crippen LogP contribution is 2.42. The first-order valence-electron chi connectivity index (χ1n) is 7.83. The van der Waals surface area contributed by atoms with Crippen molar-refractivity contribution in [2.75, 3.05) is 6.54 Å². The molecule has 8 heteroatoms. The summed E-state index contributed by atoms with van der Waals surface area (Å²) in [7, 11) is 0. The summed E-state index contributed by atoms with van der Waals surface area (Å²) in [6.07, 6.45) is -4.53. The zero-order valence-electron chi connectivity index (χ0n) is 14.4. The number of hydrogen-bond donors (Lipinski definition) is 2. The molecule has 5 nitrogen and oxygen atoms in total. The molecule has 26 heavy (non-hydrogen) atoms. The lowest BCUT2D eigenvalue weighted by molar-refractivity contribution is -0.138. The van der Waals surface area contributed by atoms with Crippen LogP contribution in [0.15, 0.2) is 46.8 Å². The molecule has 1 aromatic carbocycles. The van der Waals surface area contributed by atoms with Gasteiger partial charge < -0.3 is 15.1 Å². The van der Waals surface area contributed by atoms with Gasteiger partial charge in [0.15, 0.2) is 0 Å². The van der Waals surface area contributed by atoms with Gasteiger partial charge in [0.05, 0.1) is 22.6 Å². The van der Waals surface area contributed by atoms with Gasteiger partial charge in [-0.05, 0) is 38.5 Å². The van der Waals surface area contributed by atoms with Crippen LogP contribution < -0.4 is 0 Å². The maximum atomic E-state index is 12.8. The first-order valence-corrected chi connectivity index (χ1v) is 7.83. The van der Waals surface area contributed by atoms with E-state index >= 15 is 0 Å². The van der Waals surface area contributed by atoms with E-state index in [0.717, 1.165) is 24.3 Å². The molecular weight excluding hydrogens is 351 g/mol. The first kappa shape index (κ1) is 19.6. The lowest BCUT2D eigenvalue weighted by Crippen LogP contribution is -2.34. The van der Waals surface area contributed by atoms with Crippen LogP contribution in [0.3, 0.4) is 0 Å². The summed E-state index contributed by atoms with van der Waals surface area (Å²) in [6, 6.07) is 3.90. The maximum Gasteiger partial charge on any atom is 0.416 e. The third-order valence-electron chi connectivity index (χ3n) is 4.52. The predicted molar refractivity (Wildman–Crippen MR) is 87.2 cm³/mol. The maximum absolute atomic E-state index is 12.8. The molecule has 0 atom stereocenters. The van der Waals surface area contributed by atoms with E-state index in [2.05, 4.69) is 0 Å². The summed E-state index contributed by atoms with van der Waals surface area (Å²) in [4.78, 5) is 25.2. The van der Waals surface area contributed by atoms with Crippen LogP contribution in [0, 0.1) is 0 Å². The Morgan fingerprint density at radius 2 is 1.42 bits per heavy atom. The fourth-order valence-corrected chi connectivity index (χ4v) is 3.33. The van der Waals surface area contributed by atoms with Gasteiger partial charge in [0, 0.05) is 17.9 Å². The first-order chi connectivity index (χ1) is 12.0. The number of benzene rings is 1. The fourth-order valence-electron chi connectivity index (χ4n) is 3.33. The van der Waals surface area contributed by atoms with Gasteiger partial charge in [-0.2, -0.15) is 13.2 Å². The number of nitrogens with zero attached hydrogens (tertiary/aromatic N) is 1. The number of rotatable bonds is 4. The van der Waals surface area contributed by atoms with Gasteiger partial charge in [-0.1, -0.05) is 12.1 Å². The molecule has 0 aliphatic carbocycles. The molecule has 0 fully saturated rings. The topological polar surface area (TPSA) is 77.8 Å². The van der Waals surface area contributed by atoms with Gasteiger partial charge in [0.1, 0.15) is 0 Å². The van der Waals surface area contributed by atoms with Crippen molar-refractivity contribution in [3.8, 4) is 0 Å².